The van der Waals surface area contributed by atoms with Crippen LogP contribution >= 0.6 is 11.8 Å². The van der Waals surface area contributed by atoms with E-state index in [1.807, 2.05) is 66.7 Å². The summed E-state index contributed by atoms with van der Waals surface area (Å²) >= 11 is 1.56. The van der Waals surface area contributed by atoms with Crippen molar-refractivity contribution in [1.29, 1.82) is 0 Å². The van der Waals surface area contributed by atoms with Crippen LogP contribution in [0, 0.1) is 0 Å². The van der Waals surface area contributed by atoms with Crippen molar-refractivity contribution in [3.63, 3.8) is 0 Å². The molecule has 7 heteroatoms. The molecule has 32 heavy (non-hydrogen) atoms. The molecule has 1 saturated heterocycles. The van der Waals surface area contributed by atoms with Gasteiger partial charge in [0.15, 0.2) is 6.10 Å². The molecule has 0 bridgehead atoms. The van der Waals surface area contributed by atoms with Crippen molar-refractivity contribution >= 4 is 23.6 Å². The minimum atomic E-state index is -0.605. The van der Waals surface area contributed by atoms with Gasteiger partial charge in [0.2, 0.25) is 5.91 Å². The summed E-state index contributed by atoms with van der Waals surface area (Å²) in [6, 6.07) is 22.2. The highest BCUT2D eigenvalue weighted by Gasteiger charge is 2.52. The minimum Gasteiger partial charge on any atom is -0.469 e. The smallest absolute Gasteiger partial charge is 0.356 e. The molecule has 6 nitrogen and oxygen atoms in total. The monoisotopic (exact) mass is 446 g/mol. The van der Waals surface area contributed by atoms with Crippen molar-refractivity contribution in [2.75, 3.05) is 5.75 Å². The van der Waals surface area contributed by atoms with E-state index in [2.05, 4.69) is 0 Å². The summed E-state index contributed by atoms with van der Waals surface area (Å²) < 4.78 is 11.6. The average molecular weight is 447 g/mol. The molecule has 2 aliphatic heterocycles. The molecule has 0 saturated carbocycles. The largest absolute Gasteiger partial charge is 0.469 e. The SMILES string of the molecule is NC1C(=O)N2C(C(=O)OC(c3ccccc3)c3ccccc3)=C(Cc3ccco3)CSC12. The van der Waals surface area contributed by atoms with Crippen LogP contribution in [0.4, 0.5) is 0 Å². The topological polar surface area (TPSA) is 85.8 Å². The number of esters is 1. The highest BCUT2D eigenvalue weighted by molar-refractivity contribution is 8.00. The van der Waals surface area contributed by atoms with Gasteiger partial charge in [-0.15, -0.1) is 11.8 Å². The Balaban J connectivity index is 1.51. The number of amides is 1. The summed E-state index contributed by atoms with van der Waals surface area (Å²) in [5.41, 5.74) is 8.79. The third kappa shape index (κ3) is 3.74. The number of thioether (sulfide) groups is 1. The molecule has 0 radical (unpaired) electrons. The van der Waals surface area contributed by atoms with E-state index in [9.17, 15) is 9.59 Å². The number of ether oxygens (including phenoxy) is 1. The number of benzene rings is 2. The normalized spacial score (nSPS) is 20.2. The Morgan fingerprint density at radius 2 is 1.72 bits per heavy atom. The van der Waals surface area contributed by atoms with Crippen LogP contribution in [0.3, 0.4) is 0 Å². The van der Waals surface area contributed by atoms with Crippen LogP contribution in [-0.4, -0.2) is 33.9 Å². The minimum absolute atomic E-state index is 0.252. The van der Waals surface area contributed by atoms with Gasteiger partial charge in [-0.2, -0.15) is 0 Å². The van der Waals surface area contributed by atoms with E-state index in [-0.39, 0.29) is 17.0 Å². The van der Waals surface area contributed by atoms with Gasteiger partial charge in [0.05, 0.1) is 6.26 Å². The van der Waals surface area contributed by atoms with Crippen LogP contribution < -0.4 is 5.73 Å². The fraction of sp³-hybridized carbons (Fsp3) is 0.200. The van der Waals surface area contributed by atoms with E-state index in [1.165, 1.54) is 4.90 Å². The zero-order valence-corrected chi connectivity index (χ0v) is 18.0. The molecule has 2 aliphatic rings. The Hall–Kier alpha value is -3.29. The highest BCUT2D eigenvalue weighted by atomic mass is 32.2. The van der Waals surface area contributed by atoms with Gasteiger partial charge in [-0.05, 0) is 28.8 Å². The lowest BCUT2D eigenvalue weighted by Crippen LogP contribution is -2.68. The molecular formula is C25H22N2O4S. The zero-order chi connectivity index (χ0) is 22.1. The van der Waals surface area contributed by atoms with Gasteiger partial charge in [-0.25, -0.2) is 4.79 Å². The average Bonchev–Trinajstić information content (AvgIpc) is 3.36. The van der Waals surface area contributed by atoms with Crippen LogP contribution in [0.2, 0.25) is 0 Å². The number of nitrogens with zero attached hydrogens (tertiary/aromatic N) is 1. The number of carbonyl (C=O) groups is 2. The van der Waals surface area contributed by atoms with Crippen LogP contribution in [0.1, 0.15) is 23.0 Å². The van der Waals surface area contributed by atoms with E-state index >= 15 is 0 Å². The van der Waals surface area contributed by atoms with Gasteiger partial charge >= 0.3 is 5.97 Å². The molecule has 162 valence electrons. The number of hydrogen-bond acceptors (Lipinski definition) is 6. The second-order valence-electron chi connectivity index (χ2n) is 7.75. The second-order valence-corrected chi connectivity index (χ2v) is 8.86. The summed E-state index contributed by atoms with van der Waals surface area (Å²) in [5.74, 6) is 0.510. The van der Waals surface area contributed by atoms with E-state index in [0.29, 0.717) is 12.2 Å². The predicted molar refractivity (Wildman–Crippen MR) is 121 cm³/mol. The molecule has 1 amide bonds. The van der Waals surface area contributed by atoms with Gasteiger partial charge in [0, 0.05) is 12.2 Å². The summed E-state index contributed by atoms with van der Waals surface area (Å²) in [7, 11) is 0. The standard InChI is InChI=1S/C25H22N2O4S/c26-20-23(28)27-21(18(15-32-24(20)27)14-19-12-7-13-30-19)25(29)31-22(16-8-3-1-4-9-16)17-10-5-2-6-11-17/h1-13,20,22,24H,14-15,26H2. The Kier molecular flexibility index (Phi) is 5.59. The first-order valence-electron chi connectivity index (χ1n) is 10.4. The number of nitrogens with two attached hydrogens (primary N) is 1. The molecule has 0 aliphatic carbocycles. The zero-order valence-electron chi connectivity index (χ0n) is 17.2. The number of rotatable bonds is 6. The Labute approximate surface area is 190 Å². The number of β-lactam (4-membered cyclic amide) rings is 1. The molecule has 2 aromatic carbocycles. The summed E-state index contributed by atoms with van der Waals surface area (Å²) in [6.45, 7) is 0. The maximum Gasteiger partial charge on any atom is 0.356 e. The molecule has 1 fully saturated rings. The number of hydrogen-bond donors (Lipinski definition) is 1. The quantitative estimate of drug-likeness (QED) is 0.460. The molecule has 3 aromatic rings. The Morgan fingerprint density at radius 1 is 1.06 bits per heavy atom. The van der Waals surface area contributed by atoms with Crippen molar-refractivity contribution in [2.24, 2.45) is 5.73 Å². The lowest BCUT2D eigenvalue weighted by Gasteiger charge is -2.48. The third-order valence-corrected chi connectivity index (χ3v) is 7.04. The number of fused-ring (bicyclic) bond motifs is 1. The first kappa shape index (κ1) is 20.6. The first-order valence-corrected chi connectivity index (χ1v) is 11.4. The first-order chi connectivity index (χ1) is 15.6. The van der Waals surface area contributed by atoms with Gasteiger partial charge in [-0.1, -0.05) is 60.7 Å². The Bertz CT molecular complexity index is 1110. The van der Waals surface area contributed by atoms with Gasteiger partial charge in [0.1, 0.15) is 22.9 Å². The fourth-order valence-electron chi connectivity index (χ4n) is 4.07. The van der Waals surface area contributed by atoms with Crippen molar-refractivity contribution < 1.29 is 18.7 Å². The van der Waals surface area contributed by atoms with Gasteiger partial charge in [-0.3, -0.25) is 9.69 Å². The fourth-order valence-corrected chi connectivity index (χ4v) is 5.37. The van der Waals surface area contributed by atoms with E-state index in [4.69, 9.17) is 14.9 Å². The molecule has 5 rings (SSSR count). The van der Waals surface area contributed by atoms with Crippen LogP contribution in [0.15, 0.2) is 94.7 Å². The van der Waals surface area contributed by atoms with E-state index in [0.717, 1.165) is 22.5 Å². The molecular weight excluding hydrogens is 424 g/mol. The van der Waals surface area contributed by atoms with Crippen LogP contribution in [0.25, 0.3) is 0 Å². The van der Waals surface area contributed by atoms with Crippen molar-refractivity contribution in [3.05, 3.63) is 107 Å². The van der Waals surface area contributed by atoms with E-state index < -0.39 is 18.1 Å². The lowest BCUT2D eigenvalue weighted by molar-refractivity contribution is -0.153. The van der Waals surface area contributed by atoms with Crippen molar-refractivity contribution in [1.82, 2.24) is 4.90 Å². The van der Waals surface area contributed by atoms with Gasteiger partial charge < -0.3 is 14.9 Å². The molecule has 2 atom stereocenters. The van der Waals surface area contributed by atoms with Gasteiger partial charge in [0.25, 0.3) is 0 Å². The molecule has 1 aromatic heterocycles. The van der Waals surface area contributed by atoms with E-state index in [1.54, 1.807) is 24.1 Å². The molecule has 2 unspecified atom stereocenters. The maximum absolute atomic E-state index is 13.6. The maximum atomic E-state index is 13.6. The second kappa shape index (κ2) is 8.68. The lowest BCUT2D eigenvalue weighted by atomic mass is 10.00. The van der Waals surface area contributed by atoms with Crippen LogP contribution in [0.5, 0.6) is 0 Å². The summed E-state index contributed by atoms with van der Waals surface area (Å²) in [6.07, 6.45) is 1.43. The summed E-state index contributed by atoms with van der Waals surface area (Å²) in [5, 5.41) is -0.252. The third-order valence-electron chi connectivity index (χ3n) is 5.68. The molecule has 2 N–H and O–H groups in total. The van der Waals surface area contributed by atoms with Crippen molar-refractivity contribution in [3.8, 4) is 0 Å². The number of carbonyl (C=O) groups excluding carboxylic acids is 2. The molecule has 0 spiro atoms. The summed E-state index contributed by atoms with van der Waals surface area (Å²) in [4.78, 5) is 27.7. The van der Waals surface area contributed by atoms with Crippen LogP contribution in [-0.2, 0) is 20.7 Å². The number of furan rings is 1. The molecule has 3 heterocycles. The van der Waals surface area contributed by atoms with Crippen molar-refractivity contribution in [2.45, 2.75) is 23.9 Å². The Morgan fingerprint density at radius 3 is 2.31 bits per heavy atom. The highest BCUT2D eigenvalue weighted by Crippen LogP contribution is 2.41. The predicted octanol–water partition coefficient (Wildman–Crippen LogP) is 3.65.